The maximum absolute atomic E-state index is 14.3. The van der Waals surface area contributed by atoms with Crippen LogP contribution in [-0.2, 0) is 5.92 Å². The second kappa shape index (κ2) is 5.53. The molecule has 100 valence electrons. The van der Waals surface area contributed by atoms with Crippen LogP contribution in [0.25, 0.3) is 0 Å². The van der Waals surface area contributed by atoms with E-state index in [0.29, 0.717) is 11.0 Å². The second-order valence-electron chi connectivity index (χ2n) is 4.61. The average Bonchev–Trinajstić information content (AvgIpc) is 2.81. The number of halogens is 3. The van der Waals surface area contributed by atoms with Gasteiger partial charge in [-0.15, -0.1) is 0 Å². The predicted molar refractivity (Wildman–Crippen MR) is 70.2 cm³/mol. The fourth-order valence-electron chi connectivity index (χ4n) is 2.33. The zero-order valence-corrected chi connectivity index (χ0v) is 11.8. The lowest BCUT2D eigenvalue weighted by Gasteiger charge is -2.22. The first kappa shape index (κ1) is 13.7. The molecule has 0 saturated carbocycles. The fraction of sp³-hybridized carbons (Fsp3) is 0.538. The van der Waals surface area contributed by atoms with E-state index in [4.69, 9.17) is 4.74 Å². The molecular formula is C13H16BrF2NO. The number of benzene rings is 1. The standard InChI is InChI=1S/C13H16BrF2NO/c1-18-12-3-2-10(14)6-11(12)13(15,16)7-9-4-5-17-8-9/h2-3,6,9,17H,4-5,7-8H2,1H3. The molecule has 1 aliphatic rings. The van der Waals surface area contributed by atoms with Crippen molar-refractivity contribution in [2.24, 2.45) is 5.92 Å². The van der Waals surface area contributed by atoms with Crippen LogP contribution < -0.4 is 10.1 Å². The second-order valence-corrected chi connectivity index (χ2v) is 5.53. The summed E-state index contributed by atoms with van der Waals surface area (Å²) in [4.78, 5) is 0. The summed E-state index contributed by atoms with van der Waals surface area (Å²) in [6.07, 6.45) is 0.679. The van der Waals surface area contributed by atoms with Crippen molar-refractivity contribution in [2.75, 3.05) is 20.2 Å². The largest absolute Gasteiger partial charge is 0.496 e. The van der Waals surface area contributed by atoms with Gasteiger partial charge in [0.2, 0.25) is 0 Å². The van der Waals surface area contributed by atoms with Crippen molar-refractivity contribution in [1.82, 2.24) is 5.32 Å². The van der Waals surface area contributed by atoms with Crippen LogP contribution in [0.2, 0.25) is 0 Å². The Morgan fingerprint density at radius 1 is 1.50 bits per heavy atom. The van der Waals surface area contributed by atoms with E-state index in [2.05, 4.69) is 21.2 Å². The van der Waals surface area contributed by atoms with Crippen LogP contribution >= 0.6 is 15.9 Å². The van der Waals surface area contributed by atoms with Gasteiger partial charge in [0.05, 0.1) is 12.7 Å². The van der Waals surface area contributed by atoms with Gasteiger partial charge in [-0.3, -0.25) is 0 Å². The first-order chi connectivity index (χ1) is 8.53. The van der Waals surface area contributed by atoms with Gasteiger partial charge in [0, 0.05) is 10.9 Å². The van der Waals surface area contributed by atoms with Crippen molar-refractivity contribution in [2.45, 2.75) is 18.8 Å². The molecule has 0 aromatic heterocycles. The Morgan fingerprint density at radius 2 is 2.28 bits per heavy atom. The van der Waals surface area contributed by atoms with E-state index in [9.17, 15) is 8.78 Å². The highest BCUT2D eigenvalue weighted by molar-refractivity contribution is 9.10. The van der Waals surface area contributed by atoms with Gasteiger partial charge in [-0.05, 0) is 43.6 Å². The summed E-state index contributed by atoms with van der Waals surface area (Å²) in [7, 11) is 1.42. The number of nitrogens with one attached hydrogen (secondary N) is 1. The molecule has 1 heterocycles. The minimum atomic E-state index is -2.86. The van der Waals surface area contributed by atoms with Gasteiger partial charge in [0.1, 0.15) is 5.75 Å². The summed E-state index contributed by atoms with van der Waals surface area (Å²) in [6.45, 7) is 1.50. The van der Waals surface area contributed by atoms with Crippen LogP contribution in [0.4, 0.5) is 8.78 Å². The third-order valence-corrected chi connectivity index (χ3v) is 3.76. The topological polar surface area (TPSA) is 21.3 Å². The Morgan fingerprint density at radius 3 is 2.89 bits per heavy atom. The van der Waals surface area contributed by atoms with E-state index >= 15 is 0 Å². The quantitative estimate of drug-likeness (QED) is 0.916. The molecule has 0 radical (unpaired) electrons. The first-order valence-electron chi connectivity index (χ1n) is 5.95. The maximum atomic E-state index is 14.3. The van der Waals surface area contributed by atoms with E-state index in [-0.39, 0.29) is 23.7 Å². The van der Waals surface area contributed by atoms with Gasteiger partial charge in [-0.1, -0.05) is 15.9 Å². The summed E-state index contributed by atoms with van der Waals surface area (Å²) >= 11 is 3.23. The molecule has 2 rings (SSSR count). The van der Waals surface area contributed by atoms with Crippen LogP contribution in [0.3, 0.4) is 0 Å². The van der Waals surface area contributed by atoms with E-state index in [1.54, 1.807) is 12.1 Å². The lowest BCUT2D eigenvalue weighted by atomic mass is 9.95. The summed E-state index contributed by atoms with van der Waals surface area (Å²) in [6, 6.07) is 4.72. The number of ether oxygens (including phenoxy) is 1. The third-order valence-electron chi connectivity index (χ3n) is 3.26. The molecule has 5 heteroatoms. The van der Waals surface area contributed by atoms with Gasteiger partial charge >= 0.3 is 0 Å². The molecule has 1 unspecified atom stereocenters. The molecule has 1 N–H and O–H groups in total. The highest BCUT2D eigenvalue weighted by atomic mass is 79.9. The zero-order valence-electron chi connectivity index (χ0n) is 10.2. The maximum Gasteiger partial charge on any atom is 0.277 e. The minimum absolute atomic E-state index is 0.0312. The molecule has 1 aromatic carbocycles. The van der Waals surface area contributed by atoms with Crippen molar-refractivity contribution in [3.63, 3.8) is 0 Å². The molecule has 0 spiro atoms. The molecule has 18 heavy (non-hydrogen) atoms. The van der Waals surface area contributed by atoms with E-state index in [0.717, 1.165) is 13.0 Å². The molecule has 2 nitrogen and oxygen atoms in total. The fourth-order valence-corrected chi connectivity index (χ4v) is 2.69. The van der Waals surface area contributed by atoms with Gasteiger partial charge in [-0.25, -0.2) is 8.78 Å². The average molecular weight is 320 g/mol. The Balaban J connectivity index is 2.24. The van der Waals surface area contributed by atoms with Gasteiger partial charge < -0.3 is 10.1 Å². The number of hydrogen-bond donors (Lipinski definition) is 1. The summed E-state index contributed by atoms with van der Waals surface area (Å²) in [5, 5.41) is 3.11. The lowest BCUT2D eigenvalue weighted by molar-refractivity contribution is -0.0287. The molecule has 0 bridgehead atoms. The predicted octanol–water partition coefficient (Wildman–Crippen LogP) is 3.55. The van der Waals surface area contributed by atoms with Crippen LogP contribution in [0, 0.1) is 5.92 Å². The molecular weight excluding hydrogens is 304 g/mol. The van der Waals surface area contributed by atoms with Crippen molar-refractivity contribution in [3.8, 4) is 5.75 Å². The highest BCUT2D eigenvalue weighted by Crippen LogP contribution is 2.41. The van der Waals surface area contributed by atoms with Gasteiger partial charge in [-0.2, -0.15) is 0 Å². The molecule has 0 aliphatic carbocycles. The van der Waals surface area contributed by atoms with Crippen molar-refractivity contribution in [3.05, 3.63) is 28.2 Å². The van der Waals surface area contributed by atoms with Gasteiger partial charge in [0.15, 0.2) is 0 Å². The Bertz CT molecular complexity index is 419. The smallest absolute Gasteiger partial charge is 0.277 e. The van der Waals surface area contributed by atoms with E-state index < -0.39 is 5.92 Å². The SMILES string of the molecule is COc1ccc(Br)cc1C(F)(F)CC1CCNC1. The van der Waals surface area contributed by atoms with Crippen LogP contribution in [0.15, 0.2) is 22.7 Å². The van der Waals surface area contributed by atoms with Crippen molar-refractivity contribution in [1.29, 1.82) is 0 Å². The molecule has 1 fully saturated rings. The van der Waals surface area contributed by atoms with Crippen molar-refractivity contribution < 1.29 is 13.5 Å². The molecule has 1 aliphatic heterocycles. The highest BCUT2D eigenvalue weighted by Gasteiger charge is 2.38. The molecule has 1 saturated heterocycles. The van der Waals surface area contributed by atoms with E-state index in [1.807, 2.05) is 0 Å². The molecule has 1 atom stereocenters. The summed E-state index contributed by atoms with van der Waals surface area (Å²) in [5.74, 6) is -2.58. The number of hydrogen-bond acceptors (Lipinski definition) is 2. The third kappa shape index (κ3) is 3.01. The minimum Gasteiger partial charge on any atom is -0.496 e. The Hall–Kier alpha value is -0.680. The first-order valence-corrected chi connectivity index (χ1v) is 6.75. The number of alkyl halides is 2. The van der Waals surface area contributed by atoms with Crippen LogP contribution in [0.1, 0.15) is 18.4 Å². The summed E-state index contributed by atoms with van der Waals surface area (Å²) < 4.78 is 34.3. The molecule has 1 aromatic rings. The van der Waals surface area contributed by atoms with Gasteiger partial charge in [0.25, 0.3) is 5.92 Å². The van der Waals surface area contributed by atoms with Crippen LogP contribution in [0.5, 0.6) is 5.75 Å². The number of rotatable bonds is 4. The number of methoxy groups -OCH3 is 1. The van der Waals surface area contributed by atoms with Crippen LogP contribution in [-0.4, -0.2) is 20.2 Å². The van der Waals surface area contributed by atoms with Crippen molar-refractivity contribution >= 4 is 15.9 Å². The van der Waals surface area contributed by atoms with E-state index in [1.165, 1.54) is 13.2 Å². The lowest BCUT2D eigenvalue weighted by Crippen LogP contribution is -2.21. The normalized spacial score (nSPS) is 20.1. The summed E-state index contributed by atoms with van der Waals surface area (Å²) in [5.41, 5.74) is -0.0359. The molecule has 0 amide bonds. The zero-order chi connectivity index (χ0) is 13.2. The Labute approximate surface area is 114 Å². The Kier molecular flexibility index (Phi) is 4.22. The monoisotopic (exact) mass is 319 g/mol.